The SMILES string of the molecule is CCC(CNC(=O)NCc1ccccc1)CC(=O)O. The van der Waals surface area contributed by atoms with Crippen molar-refractivity contribution in [1.82, 2.24) is 10.6 Å². The van der Waals surface area contributed by atoms with Crippen molar-refractivity contribution < 1.29 is 14.7 Å². The van der Waals surface area contributed by atoms with E-state index in [1.165, 1.54) is 0 Å². The second-order valence-corrected chi connectivity index (χ2v) is 4.42. The molecule has 1 rings (SSSR count). The van der Waals surface area contributed by atoms with Gasteiger partial charge < -0.3 is 15.7 Å². The van der Waals surface area contributed by atoms with Gasteiger partial charge in [0, 0.05) is 19.5 Å². The Hall–Kier alpha value is -2.04. The number of hydrogen-bond donors (Lipinski definition) is 3. The van der Waals surface area contributed by atoms with Crippen LogP contribution in [0.2, 0.25) is 0 Å². The number of nitrogens with one attached hydrogen (secondary N) is 2. The van der Waals surface area contributed by atoms with Crippen molar-refractivity contribution in [2.75, 3.05) is 6.54 Å². The summed E-state index contributed by atoms with van der Waals surface area (Å²) >= 11 is 0. The summed E-state index contributed by atoms with van der Waals surface area (Å²) in [4.78, 5) is 22.1. The van der Waals surface area contributed by atoms with E-state index >= 15 is 0 Å². The van der Waals surface area contributed by atoms with E-state index in [2.05, 4.69) is 10.6 Å². The predicted molar refractivity (Wildman–Crippen MR) is 72.7 cm³/mol. The molecule has 3 N–H and O–H groups in total. The molecule has 1 atom stereocenters. The zero-order chi connectivity index (χ0) is 14.1. The summed E-state index contributed by atoms with van der Waals surface area (Å²) in [6, 6.07) is 9.33. The zero-order valence-corrected chi connectivity index (χ0v) is 11.1. The van der Waals surface area contributed by atoms with Gasteiger partial charge in [-0.15, -0.1) is 0 Å². The molecular formula is C14H20N2O3. The molecule has 0 fully saturated rings. The molecule has 0 bridgehead atoms. The first-order chi connectivity index (χ1) is 9.11. The Balaban J connectivity index is 2.25. The summed E-state index contributed by atoms with van der Waals surface area (Å²) in [5, 5.41) is 14.1. The molecule has 1 aromatic carbocycles. The van der Waals surface area contributed by atoms with Gasteiger partial charge in [0.2, 0.25) is 0 Å². The maximum absolute atomic E-state index is 11.6. The van der Waals surface area contributed by atoms with Crippen LogP contribution in [0.5, 0.6) is 0 Å². The lowest BCUT2D eigenvalue weighted by molar-refractivity contribution is -0.138. The van der Waals surface area contributed by atoms with E-state index in [4.69, 9.17) is 5.11 Å². The lowest BCUT2D eigenvalue weighted by Crippen LogP contribution is -2.38. The van der Waals surface area contributed by atoms with Gasteiger partial charge in [-0.2, -0.15) is 0 Å². The number of carboxylic acid groups (broad SMARTS) is 1. The van der Waals surface area contributed by atoms with Crippen LogP contribution in [0.25, 0.3) is 0 Å². The Kier molecular flexibility index (Phi) is 6.43. The zero-order valence-electron chi connectivity index (χ0n) is 11.1. The minimum absolute atomic E-state index is 0.0278. The molecule has 1 unspecified atom stereocenters. The molecular weight excluding hydrogens is 244 g/mol. The third kappa shape index (κ3) is 6.45. The van der Waals surface area contributed by atoms with Crippen molar-refractivity contribution in [3.05, 3.63) is 35.9 Å². The normalized spacial score (nSPS) is 11.6. The number of rotatable bonds is 7. The van der Waals surface area contributed by atoms with Crippen LogP contribution in [0, 0.1) is 5.92 Å². The van der Waals surface area contributed by atoms with Crippen molar-refractivity contribution in [2.24, 2.45) is 5.92 Å². The molecule has 0 spiro atoms. The minimum atomic E-state index is -0.835. The Bertz CT molecular complexity index is 406. The molecule has 2 amide bonds. The van der Waals surface area contributed by atoms with E-state index < -0.39 is 5.97 Å². The summed E-state index contributed by atoms with van der Waals surface area (Å²) in [5.74, 6) is -0.863. The first-order valence-corrected chi connectivity index (χ1v) is 6.39. The molecule has 104 valence electrons. The molecule has 0 heterocycles. The number of aliphatic carboxylic acids is 1. The standard InChI is InChI=1S/C14H20N2O3/c1-2-11(8-13(17)18)9-15-14(19)16-10-12-6-4-3-5-7-12/h3-7,11H,2,8-10H2,1H3,(H,17,18)(H2,15,16,19). The van der Waals surface area contributed by atoms with Crippen LogP contribution in [-0.2, 0) is 11.3 Å². The van der Waals surface area contributed by atoms with Crippen LogP contribution in [0.4, 0.5) is 4.79 Å². The molecule has 0 aromatic heterocycles. The van der Waals surface area contributed by atoms with Crippen molar-refractivity contribution >= 4 is 12.0 Å². The average Bonchev–Trinajstić information content (AvgIpc) is 2.42. The molecule has 5 nitrogen and oxygen atoms in total. The van der Waals surface area contributed by atoms with E-state index in [0.29, 0.717) is 13.1 Å². The van der Waals surface area contributed by atoms with Gasteiger partial charge >= 0.3 is 12.0 Å². The van der Waals surface area contributed by atoms with E-state index in [-0.39, 0.29) is 18.4 Å². The lowest BCUT2D eigenvalue weighted by Gasteiger charge is -2.14. The maximum Gasteiger partial charge on any atom is 0.315 e. The van der Waals surface area contributed by atoms with Crippen LogP contribution in [0.15, 0.2) is 30.3 Å². The highest BCUT2D eigenvalue weighted by Crippen LogP contribution is 2.06. The average molecular weight is 264 g/mol. The molecule has 0 aliphatic heterocycles. The van der Waals surface area contributed by atoms with Crippen molar-refractivity contribution in [2.45, 2.75) is 26.3 Å². The summed E-state index contributed by atoms with van der Waals surface area (Å²) in [6.07, 6.45) is 0.806. The number of amides is 2. The van der Waals surface area contributed by atoms with Crippen molar-refractivity contribution in [3.63, 3.8) is 0 Å². The monoisotopic (exact) mass is 264 g/mol. The number of carbonyl (C=O) groups is 2. The van der Waals surface area contributed by atoms with Crippen LogP contribution < -0.4 is 10.6 Å². The first-order valence-electron chi connectivity index (χ1n) is 6.39. The quantitative estimate of drug-likeness (QED) is 0.704. The molecule has 0 saturated heterocycles. The summed E-state index contributed by atoms with van der Waals surface area (Å²) in [6.45, 7) is 2.75. The van der Waals surface area contributed by atoms with Gasteiger partial charge in [0.25, 0.3) is 0 Å². The van der Waals surface area contributed by atoms with Gasteiger partial charge in [0.15, 0.2) is 0 Å². The minimum Gasteiger partial charge on any atom is -0.481 e. The third-order valence-corrected chi connectivity index (χ3v) is 2.89. The van der Waals surface area contributed by atoms with Crippen LogP contribution in [-0.4, -0.2) is 23.7 Å². The van der Waals surface area contributed by atoms with Crippen LogP contribution >= 0.6 is 0 Å². The second kappa shape index (κ2) is 8.13. The number of benzene rings is 1. The van der Waals surface area contributed by atoms with Gasteiger partial charge in [-0.3, -0.25) is 4.79 Å². The highest BCUT2D eigenvalue weighted by atomic mass is 16.4. The fraction of sp³-hybridized carbons (Fsp3) is 0.429. The Labute approximate surface area is 113 Å². The largest absolute Gasteiger partial charge is 0.481 e. The van der Waals surface area contributed by atoms with Crippen LogP contribution in [0.1, 0.15) is 25.3 Å². The summed E-state index contributed by atoms with van der Waals surface area (Å²) < 4.78 is 0. The fourth-order valence-electron chi connectivity index (χ4n) is 1.69. The highest BCUT2D eigenvalue weighted by molar-refractivity contribution is 5.74. The maximum atomic E-state index is 11.6. The molecule has 19 heavy (non-hydrogen) atoms. The topological polar surface area (TPSA) is 78.4 Å². The number of urea groups is 1. The number of carbonyl (C=O) groups excluding carboxylic acids is 1. The van der Waals surface area contributed by atoms with E-state index in [1.807, 2.05) is 37.3 Å². The Morgan fingerprint density at radius 3 is 2.47 bits per heavy atom. The van der Waals surface area contributed by atoms with Crippen LogP contribution in [0.3, 0.4) is 0 Å². The van der Waals surface area contributed by atoms with Gasteiger partial charge in [-0.25, -0.2) is 4.79 Å². The summed E-state index contributed by atoms with van der Waals surface area (Å²) in [7, 11) is 0. The Morgan fingerprint density at radius 2 is 1.89 bits per heavy atom. The molecule has 1 aromatic rings. The third-order valence-electron chi connectivity index (χ3n) is 2.89. The van der Waals surface area contributed by atoms with E-state index in [9.17, 15) is 9.59 Å². The molecule has 0 radical (unpaired) electrons. The highest BCUT2D eigenvalue weighted by Gasteiger charge is 2.12. The van der Waals surface area contributed by atoms with E-state index in [1.54, 1.807) is 0 Å². The predicted octanol–water partition coefficient (Wildman–Crippen LogP) is 1.99. The molecule has 5 heteroatoms. The first kappa shape index (κ1) is 15.0. The number of hydrogen-bond acceptors (Lipinski definition) is 2. The van der Waals surface area contributed by atoms with Gasteiger partial charge in [-0.1, -0.05) is 43.7 Å². The lowest BCUT2D eigenvalue weighted by atomic mass is 10.0. The molecule has 0 aliphatic carbocycles. The van der Waals surface area contributed by atoms with Crippen molar-refractivity contribution in [3.8, 4) is 0 Å². The molecule has 0 saturated carbocycles. The smallest absolute Gasteiger partial charge is 0.315 e. The van der Waals surface area contributed by atoms with Gasteiger partial charge in [0.1, 0.15) is 0 Å². The Morgan fingerprint density at radius 1 is 1.21 bits per heavy atom. The molecule has 0 aliphatic rings. The van der Waals surface area contributed by atoms with Gasteiger partial charge in [0.05, 0.1) is 0 Å². The van der Waals surface area contributed by atoms with Gasteiger partial charge in [-0.05, 0) is 11.5 Å². The van der Waals surface area contributed by atoms with Crippen molar-refractivity contribution in [1.29, 1.82) is 0 Å². The number of carboxylic acids is 1. The van der Waals surface area contributed by atoms with E-state index in [0.717, 1.165) is 12.0 Å². The summed E-state index contributed by atoms with van der Waals surface area (Å²) in [5.41, 5.74) is 1.02. The fourth-order valence-corrected chi connectivity index (χ4v) is 1.69. The second-order valence-electron chi connectivity index (χ2n) is 4.42.